The zero-order chi connectivity index (χ0) is 14.7. The minimum absolute atomic E-state index is 0.196. The number of nitrogens with zero attached hydrogens (tertiary/aromatic N) is 2. The van der Waals surface area contributed by atoms with Gasteiger partial charge in [-0.15, -0.1) is 0 Å². The lowest BCUT2D eigenvalue weighted by atomic mass is 10.0. The van der Waals surface area contributed by atoms with Gasteiger partial charge in [-0.25, -0.2) is 13.2 Å². The first-order valence-electron chi connectivity index (χ1n) is 5.94. The van der Waals surface area contributed by atoms with Crippen molar-refractivity contribution < 1.29 is 18.3 Å². The Morgan fingerprint density at radius 2 is 2.10 bits per heavy atom. The SMILES string of the molecule is Cc1ccc2c(c1)-c1c(c(C(=O)O)nn1C)CS2(=O)=O. The molecular formula is C13H12N2O4S. The fourth-order valence-electron chi connectivity index (χ4n) is 2.58. The van der Waals surface area contributed by atoms with Crippen LogP contribution in [0.3, 0.4) is 0 Å². The molecule has 2 aromatic rings. The maximum Gasteiger partial charge on any atom is 0.356 e. The molecule has 1 aliphatic rings. The second kappa shape index (κ2) is 3.92. The van der Waals surface area contributed by atoms with Crippen molar-refractivity contribution in [1.82, 2.24) is 9.78 Å². The quantitative estimate of drug-likeness (QED) is 0.857. The molecule has 6 nitrogen and oxygen atoms in total. The highest BCUT2D eigenvalue weighted by molar-refractivity contribution is 7.90. The molecule has 0 amide bonds. The van der Waals surface area contributed by atoms with Crippen LogP contribution in [0, 0.1) is 6.92 Å². The van der Waals surface area contributed by atoms with Crippen LogP contribution >= 0.6 is 0 Å². The summed E-state index contributed by atoms with van der Waals surface area (Å²) in [5, 5.41) is 13.1. The van der Waals surface area contributed by atoms with Crippen LogP contribution in [0.2, 0.25) is 0 Å². The third-order valence-corrected chi connectivity index (χ3v) is 5.10. The van der Waals surface area contributed by atoms with Crippen molar-refractivity contribution in [2.75, 3.05) is 0 Å². The van der Waals surface area contributed by atoms with Crippen LogP contribution in [0.1, 0.15) is 21.6 Å². The summed E-state index contributed by atoms with van der Waals surface area (Å²) < 4.78 is 26.0. The lowest BCUT2D eigenvalue weighted by molar-refractivity contribution is 0.0689. The van der Waals surface area contributed by atoms with E-state index in [0.29, 0.717) is 11.3 Å². The van der Waals surface area contributed by atoms with E-state index in [2.05, 4.69) is 5.10 Å². The highest BCUT2D eigenvalue weighted by Crippen LogP contribution is 2.39. The fourth-order valence-corrected chi connectivity index (χ4v) is 4.16. The van der Waals surface area contributed by atoms with E-state index in [1.54, 1.807) is 25.2 Å². The average Bonchev–Trinajstić information content (AvgIpc) is 2.65. The molecule has 0 unspecified atom stereocenters. The van der Waals surface area contributed by atoms with Gasteiger partial charge >= 0.3 is 5.97 Å². The van der Waals surface area contributed by atoms with Crippen molar-refractivity contribution in [3.63, 3.8) is 0 Å². The van der Waals surface area contributed by atoms with Crippen LogP contribution in [0.15, 0.2) is 23.1 Å². The van der Waals surface area contributed by atoms with Crippen LogP contribution in [0.5, 0.6) is 0 Å². The first-order valence-corrected chi connectivity index (χ1v) is 7.59. The van der Waals surface area contributed by atoms with Gasteiger partial charge in [0.25, 0.3) is 0 Å². The molecule has 3 rings (SSSR count). The van der Waals surface area contributed by atoms with Gasteiger partial charge in [-0.3, -0.25) is 4.68 Å². The molecule has 0 saturated carbocycles. The molecule has 104 valence electrons. The lowest BCUT2D eigenvalue weighted by Gasteiger charge is -2.18. The Kier molecular flexibility index (Phi) is 2.52. The Morgan fingerprint density at radius 1 is 1.40 bits per heavy atom. The van der Waals surface area contributed by atoms with Crippen LogP contribution in [0.4, 0.5) is 0 Å². The Balaban J connectivity index is 2.44. The number of fused-ring (bicyclic) bond motifs is 3. The van der Waals surface area contributed by atoms with Gasteiger partial charge in [0, 0.05) is 18.2 Å². The number of sulfone groups is 1. The normalized spacial score (nSPS) is 15.5. The van der Waals surface area contributed by atoms with E-state index in [4.69, 9.17) is 5.11 Å². The van der Waals surface area contributed by atoms with Gasteiger partial charge in [0.15, 0.2) is 15.5 Å². The summed E-state index contributed by atoms with van der Waals surface area (Å²) in [7, 11) is -1.91. The summed E-state index contributed by atoms with van der Waals surface area (Å²) >= 11 is 0. The number of rotatable bonds is 1. The molecule has 0 radical (unpaired) electrons. The molecule has 0 atom stereocenters. The monoisotopic (exact) mass is 292 g/mol. The van der Waals surface area contributed by atoms with Crippen LogP contribution in [0.25, 0.3) is 11.3 Å². The maximum atomic E-state index is 12.3. The molecule has 0 aliphatic carbocycles. The molecular weight excluding hydrogens is 280 g/mol. The van der Waals surface area contributed by atoms with E-state index in [1.165, 1.54) is 4.68 Å². The molecule has 1 aromatic heterocycles. The number of carboxylic acids is 1. The molecule has 0 saturated heterocycles. The minimum atomic E-state index is -3.53. The largest absolute Gasteiger partial charge is 0.476 e. The molecule has 0 spiro atoms. The topological polar surface area (TPSA) is 89.3 Å². The summed E-state index contributed by atoms with van der Waals surface area (Å²) in [6.07, 6.45) is 0. The van der Waals surface area contributed by atoms with Crippen LogP contribution in [-0.2, 0) is 22.6 Å². The predicted molar refractivity (Wildman–Crippen MR) is 71.2 cm³/mol. The number of hydrogen-bond donors (Lipinski definition) is 1. The molecule has 1 N–H and O–H groups in total. The number of hydrogen-bond acceptors (Lipinski definition) is 4. The standard InChI is InChI=1S/C13H12N2O4S/c1-7-3-4-10-8(5-7)12-9(6-20(10,18)19)11(13(16)17)14-15(12)2/h3-5H,6H2,1-2H3,(H,16,17). The van der Waals surface area contributed by atoms with E-state index in [-0.39, 0.29) is 21.9 Å². The van der Waals surface area contributed by atoms with E-state index in [0.717, 1.165) is 5.56 Å². The third kappa shape index (κ3) is 1.66. The molecule has 2 heterocycles. The van der Waals surface area contributed by atoms with Gasteiger partial charge in [0.05, 0.1) is 16.3 Å². The van der Waals surface area contributed by atoms with Crippen molar-refractivity contribution in [2.45, 2.75) is 17.6 Å². The number of aryl methyl sites for hydroxylation is 2. The van der Waals surface area contributed by atoms with Gasteiger partial charge in [0.2, 0.25) is 0 Å². The van der Waals surface area contributed by atoms with Crippen molar-refractivity contribution >= 4 is 15.8 Å². The van der Waals surface area contributed by atoms with E-state index >= 15 is 0 Å². The number of aromatic nitrogens is 2. The molecule has 7 heteroatoms. The van der Waals surface area contributed by atoms with E-state index in [9.17, 15) is 13.2 Å². The van der Waals surface area contributed by atoms with Crippen molar-refractivity contribution in [3.05, 3.63) is 35.0 Å². The molecule has 1 aliphatic heterocycles. The van der Waals surface area contributed by atoms with Gasteiger partial charge < -0.3 is 5.11 Å². The highest BCUT2D eigenvalue weighted by Gasteiger charge is 2.34. The Hall–Kier alpha value is -2.15. The van der Waals surface area contributed by atoms with Crippen molar-refractivity contribution in [2.24, 2.45) is 7.05 Å². The summed E-state index contributed by atoms with van der Waals surface area (Å²) in [4.78, 5) is 11.4. The second-order valence-corrected chi connectivity index (χ2v) is 6.82. The smallest absolute Gasteiger partial charge is 0.356 e. The van der Waals surface area contributed by atoms with Crippen LogP contribution < -0.4 is 0 Å². The van der Waals surface area contributed by atoms with Crippen molar-refractivity contribution in [3.8, 4) is 11.3 Å². The maximum absolute atomic E-state index is 12.3. The van der Waals surface area contributed by atoms with Gasteiger partial charge in [-0.2, -0.15) is 5.10 Å². The Labute approximate surface area is 115 Å². The second-order valence-electron chi connectivity index (χ2n) is 4.86. The third-order valence-electron chi connectivity index (χ3n) is 3.41. The van der Waals surface area contributed by atoms with Gasteiger partial charge in [0.1, 0.15) is 0 Å². The summed E-state index contributed by atoms with van der Waals surface area (Å²) in [5.74, 6) is -1.54. The summed E-state index contributed by atoms with van der Waals surface area (Å²) in [5.41, 5.74) is 2.06. The number of carboxylic acid groups (broad SMARTS) is 1. The summed E-state index contributed by atoms with van der Waals surface area (Å²) in [6.45, 7) is 1.86. The van der Waals surface area contributed by atoms with Crippen LogP contribution in [-0.4, -0.2) is 29.3 Å². The summed E-state index contributed by atoms with van der Waals surface area (Å²) in [6, 6.07) is 5.05. The number of carbonyl (C=O) groups is 1. The fraction of sp³-hybridized carbons (Fsp3) is 0.231. The zero-order valence-electron chi connectivity index (χ0n) is 10.9. The Morgan fingerprint density at radius 3 is 2.75 bits per heavy atom. The molecule has 1 aromatic carbocycles. The number of aromatic carboxylic acids is 1. The minimum Gasteiger partial charge on any atom is -0.476 e. The molecule has 20 heavy (non-hydrogen) atoms. The highest BCUT2D eigenvalue weighted by atomic mass is 32.2. The number of benzene rings is 1. The Bertz CT molecular complexity index is 849. The molecule has 0 bridgehead atoms. The lowest BCUT2D eigenvalue weighted by Crippen LogP contribution is -2.15. The van der Waals surface area contributed by atoms with Gasteiger partial charge in [-0.05, 0) is 19.1 Å². The van der Waals surface area contributed by atoms with E-state index in [1.807, 2.05) is 6.92 Å². The first-order chi connectivity index (χ1) is 9.31. The average molecular weight is 292 g/mol. The zero-order valence-corrected chi connectivity index (χ0v) is 11.7. The predicted octanol–water partition coefficient (Wildman–Crippen LogP) is 1.38. The first kappa shape index (κ1) is 12.9. The van der Waals surface area contributed by atoms with E-state index < -0.39 is 15.8 Å². The van der Waals surface area contributed by atoms with Crippen molar-refractivity contribution in [1.29, 1.82) is 0 Å². The van der Waals surface area contributed by atoms with Gasteiger partial charge in [-0.1, -0.05) is 11.6 Å². The molecule has 0 fully saturated rings.